The second kappa shape index (κ2) is 11.8. The molecule has 3 rings (SSSR count). The molecule has 0 aliphatic carbocycles. The zero-order valence-electron chi connectivity index (χ0n) is 21.6. The third-order valence-electron chi connectivity index (χ3n) is 7.18. The molecule has 1 aromatic rings. The van der Waals surface area contributed by atoms with Crippen LogP contribution in [0.15, 0.2) is 18.2 Å². The molecule has 7 nitrogen and oxygen atoms in total. The van der Waals surface area contributed by atoms with E-state index in [1.54, 1.807) is 31.7 Å². The highest BCUT2D eigenvalue weighted by Gasteiger charge is 2.49. The first-order valence-corrected chi connectivity index (χ1v) is 13.0. The molecule has 2 aliphatic heterocycles. The molecule has 2 fully saturated rings. The number of anilines is 1. The highest BCUT2D eigenvalue weighted by molar-refractivity contribution is 7.80. The molecule has 1 aromatic carbocycles. The summed E-state index contributed by atoms with van der Waals surface area (Å²) in [6.07, 6.45) is 0.247. The van der Waals surface area contributed by atoms with Gasteiger partial charge in [0.25, 0.3) is 5.91 Å². The van der Waals surface area contributed by atoms with Gasteiger partial charge in [0.2, 0.25) is 5.91 Å². The predicted octanol–water partition coefficient (Wildman–Crippen LogP) is 4.40. The van der Waals surface area contributed by atoms with Gasteiger partial charge in [-0.2, -0.15) is 18.4 Å². The quantitative estimate of drug-likeness (QED) is 0.344. The van der Waals surface area contributed by atoms with E-state index in [0.29, 0.717) is 6.54 Å². The molecule has 2 saturated heterocycles. The van der Waals surface area contributed by atoms with Gasteiger partial charge in [0, 0.05) is 39.6 Å². The monoisotopic (exact) mass is 537 g/mol. The molecule has 0 bridgehead atoms. The molecule has 0 spiro atoms. The lowest BCUT2D eigenvalue weighted by Crippen LogP contribution is -2.48. The normalized spacial score (nSPS) is 18.5. The molecule has 0 aromatic heterocycles. The average molecular weight is 538 g/mol. The number of benzene rings is 1. The Morgan fingerprint density at radius 3 is 2.22 bits per heavy atom. The summed E-state index contributed by atoms with van der Waals surface area (Å²) >= 11 is 5.54. The van der Waals surface area contributed by atoms with Crippen molar-refractivity contribution in [2.24, 2.45) is 0 Å². The molecular formula is C26H34F3N5O2S. The van der Waals surface area contributed by atoms with Gasteiger partial charge in [0.1, 0.15) is 5.54 Å². The van der Waals surface area contributed by atoms with Crippen molar-refractivity contribution in [3.8, 4) is 6.07 Å². The molecule has 0 radical (unpaired) electrons. The molecule has 0 N–H and O–H groups in total. The summed E-state index contributed by atoms with van der Waals surface area (Å²) in [5, 5.41) is 9.23. The Morgan fingerprint density at radius 1 is 1.05 bits per heavy atom. The topological polar surface area (TPSA) is 70.9 Å². The van der Waals surface area contributed by atoms with Crippen molar-refractivity contribution < 1.29 is 22.8 Å². The fourth-order valence-corrected chi connectivity index (χ4v) is 5.37. The van der Waals surface area contributed by atoms with Crippen LogP contribution in [0.25, 0.3) is 0 Å². The van der Waals surface area contributed by atoms with Crippen molar-refractivity contribution in [1.82, 2.24) is 14.7 Å². The van der Waals surface area contributed by atoms with Gasteiger partial charge >= 0.3 is 6.18 Å². The Labute approximate surface area is 221 Å². The third-order valence-corrected chi connectivity index (χ3v) is 7.59. The first-order valence-electron chi connectivity index (χ1n) is 12.6. The van der Waals surface area contributed by atoms with Gasteiger partial charge in [-0.05, 0) is 63.7 Å². The van der Waals surface area contributed by atoms with Crippen molar-refractivity contribution in [2.45, 2.75) is 64.6 Å². The number of rotatable bonds is 9. The number of hydrogen-bond donors (Lipinski definition) is 0. The second-order valence-electron chi connectivity index (χ2n) is 10.1. The lowest BCUT2D eigenvalue weighted by molar-refractivity contribution is -0.137. The van der Waals surface area contributed by atoms with Gasteiger partial charge in [-0.15, -0.1) is 0 Å². The summed E-state index contributed by atoms with van der Waals surface area (Å²) in [5.74, 6) is -0.256. The zero-order valence-corrected chi connectivity index (χ0v) is 22.4. The lowest BCUT2D eigenvalue weighted by atomic mass is 10.0. The molecule has 0 atom stereocenters. The predicted molar refractivity (Wildman–Crippen MR) is 139 cm³/mol. The van der Waals surface area contributed by atoms with Crippen LogP contribution in [0.5, 0.6) is 0 Å². The summed E-state index contributed by atoms with van der Waals surface area (Å²) in [5.41, 5.74) is -2.55. The largest absolute Gasteiger partial charge is 0.417 e. The van der Waals surface area contributed by atoms with Crippen LogP contribution in [0.3, 0.4) is 0 Å². The summed E-state index contributed by atoms with van der Waals surface area (Å²) in [4.78, 5) is 31.8. The summed E-state index contributed by atoms with van der Waals surface area (Å²) < 4.78 is 40.4. The van der Waals surface area contributed by atoms with E-state index in [2.05, 4.69) is 4.90 Å². The van der Waals surface area contributed by atoms with E-state index in [1.165, 1.54) is 6.07 Å². The second-order valence-corrected chi connectivity index (χ2v) is 10.5. The number of alkyl halides is 3. The van der Waals surface area contributed by atoms with Crippen LogP contribution >= 0.6 is 12.2 Å². The number of carbonyl (C=O) groups is 2. The third kappa shape index (κ3) is 6.60. The van der Waals surface area contributed by atoms with Crippen molar-refractivity contribution in [3.05, 3.63) is 29.3 Å². The average Bonchev–Trinajstić information content (AvgIpc) is 3.01. The number of unbranched alkanes of at least 4 members (excludes halogenated alkanes) is 4. The highest BCUT2D eigenvalue weighted by atomic mass is 32.1. The molecule has 0 saturated carbocycles. The van der Waals surface area contributed by atoms with Gasteiger partial charge in [0.05, 0.1) is 22.9 Å². The maximum absolute atomic E-state index is 13.5. The van der Waals surface area contributed by atoms with Gasteiger partial charge in [-0.3, -0.25) is 19.4 Å². The minimum atomic E-state index is -4.72. The summed E-state index contributed by atoms with van der Waals surface area (Å²) in [6.45, 7) is 10.0. The Bertz CT molecular complexity index is 1060. The minimum absolute atomic E-state index is 0.0148. The first kappa shape index (κ1) is 28.9. The molecule has 0 unspecified atom stereocenters. The van der Waals surface area contributed by atoms with Gasteiger partial charge in [-0.1, -0.05) is 19.3 Å². The van der Waals surface area contributed by atoms with Gasteiger partial charge < -0.3 is 9.80 Å². The Hall–Kier alpha value is -2.71. The highest BCUT2D eigenvalue weighted by Crippen LogP contribution is 2.38. The fraction of sp³-hybridized carbons (Fsp3) is 0.615. The minimum Gasteiger partial charge on any atom is -0.340 e. The molecule has 2 amide bonds. The number of carbonyl (C=O) groups excluding carboxylic acids is 2. The van der Waals surface area contributed by atoms with E-state index in [0.717, 1.165) is 81.9 Å². The van der Waals surface area contributed by atoms with Crippen LogP contribution in [0, 0.1) is 11.3 Å². The van der Waals surface area contributed by atoms with Crippen LogP contribution in [0.2, 0.25) is 0 Å². The number of nitriles is 1. The maximum atomic E-state index is 13.5. The molecule has 202 valence electrons. The molecule has 37 heavy (non-hydrogen) atoms. The number of thiocarbonyl (C=S) groups is 1. The van der Waals surface area contributed by atoms with Gasteiger partial charge in [0.15, 0.2) is 5.11 Å². The standard InChI is InChI=1S/C26H34F3N5O2S/c1-19(35)32-15-13-31(14-16-32)11-7-5-4-6-8-12-33-24(37)34(23(36)25(33,2)3)21-10-9-20(18-30)22(17-21)26(27,28)29/h9-10,17H,4-8,11-16H2,1-3H3. The van der Waals surface area contributed by atoms with E-state index >= 15 is 0 Å². The molecular weight excluding hydrogens is 503 g/mol. The Balaban J connectivity index is 1.49. The van der Waals surface area contributed by atoms with Gasteiger partial charge in [-0.25, -0.2) is 0 Å². The number of piperazine rings is 1. The van der Waals surface area contributed by atoms with Crippen LogP contribution < -0.4 is 4.90 Å². The molecule has 2 aliphatic rings. The number of halogens is 3. The number of nitrogens with zero attached hydrogens (tertiary/aromatic N) is 5. The smallest absolute Gasteiger partial charge is 0.340 e. The van der Waals surface area contributed by atoms with E-state index in [-0.39, 0.29) is 22.6 Å². The summed E-state index contributed by atoms with van der Waals surface area (Å²) in [7, 11) is 0. The van der Waals surface area contributed by atoms with E-state index in [9.17, 15) is 22.8 Å². The zero-order chi connectivity index (χ0) is 27.4. The van der Waals surface area contributed by atoms with E-state index in [4.69, 9.17) is 17.5 Å². The van der Waals surface area contributed by atoms with Crippen molar-refractivity contribution in [1.29, 1.82) is 5.26 Å². The fourth-order valence-electron chi connectivity index (χ4n) is 4.86. The van der Waals surface area contributed by atoms with Crippen LogP contribution in [0.4, 0.5) is 18.9 Å². The van der Waals surface area contributed by atoms with Crippen molar-refractivity contribution >= 4 is 34.8 Å². The van der Waals surface area contributed by atoms with Crippen LogP contribution in [-0.2, 0) is 15.8 Å². The van der Waals surface area contributed by atoms with Crippen molar-refractivity contribution in [3.63, 3.8) is 0 Å². The maximum Gasteiger partial charge on any atom is 0.417 e. The van der Waals surface area contributed by atoms with Crippen LogP contribution in [-0.4, -0.2) is 76.4 Å². The van der Waals surface area contributed by atoms with E-state index < -0.39 is 22.8 Å². The SMILES string of the molecule is CC(=O)N1CCN(CCCCCCCN2C(=S)N(c3ccc(C#N)c(C(F)(F)F)c3)C(=O)C2(C)C)CC1. The summed E-state index contributed by atoms with van der Waals surface area (Å²) in [6, 6.07) is 4.79. The van der Waals surface area contributed by atoms with Crippen LogP contribution in [0.1, 0.15) is 64.0 Å². The number of hydrogen-bond acceptors (Lipinski definition) is 5. The Kier molecular flexibility index (Phi) is 9.18. The first-order chi connectivity index (χ1) is 17.4. The lowest BCUT2D eigenvalue weighted by Gasteiger charge is -2.34. The molecule has 11 heteroatoms. The molecule has 2 heterocycles. The Morgan fingerprint density at radius 2 is 1.65 bits per heavy atom. The van der Waals surface area contributed by atoms with Crippen molar-refractivity contribution in [2.75, 3.05) is 44.2 Å². The number of amides is 2. The van der Waals surface area contributed by atoms with E-state index in [1.807, 2.05) is 4.90 Å².